The van der Waals surface area contributed by atoms with Crippen molar-refractivity contribution in [3.8, 4) is 0 Å². The topological polar surface area (TPSA) is 40.8 Å². The van der Waals surface area contributed by atoms with E-state index in [9.17, 15) is 0 Å². The number of hydrogen-bond acceptors (Lipinski definition) is 4. The molecule has 1 aliphatic heterocycles. The lowest BCUT2D eigenvalue weighted by Crippen LogP contribution is -2.33. The van der Waals surface area contributed by atoms with Crippen LogP contribution in [0.1, 0.15) is 24.5 Å². The first kappa shape index (κ1) is 13.4. The molecule has 1 saturated heterocycles. The predicted molar refractivity (Wildman–Crippen MR) is 73.0 cm³/mol. The van der Waals surface area contributed by atoms with E-state index in [1.54, 1.807) is 6.26 Å². The lowest BCUT2D eigenvalue weighted by molar-refractivity contribution is -0.120. The fourth-order valence-electron chi connectivity index (χ4n) is 2.18. The fourth-order valence-corrected chi connectivity index (χ4v) is 2.18. The van der Waals surface area contributed by atoms with Crippen LogP contribution in [0.2, 0.25) is 0 Å². The van der Waals surface area contributed by atoms with Gasteiger partial charge < -0.3 is 18.6 Å². The molecule has 3 rings (SSSR count). The third kappa shape index (κ3) is 3.10. The SMILES string of the molecule is CC1(COCc2ccccc2)COC(c2ccco2)O1. The molecule has 2 atom stereocenters. The largest absolute Gasteiger partial charge is 0.464 e. The maximum atomic E-state index is 5.89. The molecule has 2 aromatic rings. The lowest BCUT2D eigenvalue weighted by atomic mass is 10.1. The van der Waals surface area contributed by atoms with Crippen molar-refractivity contribution in [2.45, 2.75) is 25.4 Å². The van der Waals surface area contributed by atoms with E-state index in [2.05, 4.69) is 0 Å². The van der Waals surface area contributed by atoms with Crippen molar-refractivity contribution < 1.29 is 18.6 Å². The minimum atomic E-state index is -0.438. The number of ether oxygens (including phenoxy) is 3. The predicted octanol–water partition coefficient (Wildman–Crippen LogP) is 3.30. The van der Waals surface area contributed by atoms with E-state index in [1.165, 1.54) is 0 Å². The maximum Gasteiger partial charge on any atom is 0.218 e. The first-order chi connectivity index (χ1) is 9.75. The Balaban J connectivity index is 1.50. The zero-order valence-electron chi connectivity index (χ0n) is 11.5. The van der Waals surface area contributed by atoms with Gasteiger partial charge in [0.15, 0.2) is 5.76 Å². The van der Waals surface area contributed by atoms with Crippen molar-refractivity contribution in [2.75, 3.05) is 13.2 Å². The fraction of sp³-hybridized carbons (Fsp3) is 0.375. The summed E-state index contributed by atoms with van der Waals surface area (Å²) in [5, 5.41) is 0. The summed E-state index contributed by atoms with van der Waals surface area (Å²) in [6, 6.07) is 13.8. The third-order valence-electron chi connectivity index (χ3n) is 3.23. The summed E-state index contributed by atoms with van der Waals surface area (Å²) >= 11 is 0. The summed E-state index contributed by atoms with van der Waals surface area (Å²) in [6.45, 7) is 3.54. The normalized spacial score (nSPS) is 25.9. The molecule has 106 valence electrons. The van der Waals surface area contributed by atoms with Gasteiger partial charge in [-0.25, -0.2) is 0 Å². The third-order valence-corrected chi connectivity index (χ3v) is 3.23. The van der Waals surface area contributed by atoms with Crippen molar-refractivity contribution in [1.29, 1.82) is 0 Å². The van der Waals surface area contributed by atoms with Gasteiger partial charge in [0.2, 0.25) is 6.29 Å². The summed E-state index contributed by atoms with van der Waals surface area (Å²) in [5.41, 5.74) is 0.712. The number of hydrogen-bond donors (Lipinski definition) is 0. The van der Waals surface area contributed by atoms with Gasteiger partial charge >= 0.3 is 0 Å². The summed E-state index contributed by atoms with van der Waals surface area (Å²) in [6.07, 6.45) is 1.18. The molecule has 0 aliphatic carbocycles. The Morgan fingerprint density at radius 1 is 1.20 bits per heavy atom. The van der Waals surface area contributed by atoms with E-state index in [-0.39, 0.29) is 0 Å². The van der Waals surface area contributed by atoms with Gasteiger partial charge in [-0.3, -0.25) is 0 Å². The molecule has 4 nitrogen and oxygen atoms in total. The molecule has 1 aliphatic rings. The van der Waals surface area contributed by atoms with Crippen LogP contribution in [0.5, 0.6) is 0 Å². The molecule has 0 spiro atoms. The second-order valence-corrected chi connectivity index (χ2v) is 5.20. The van der Waals surface area contributed by atoms with E-state index in [0.29, 0.717) is 25.6 Å². The van der Waals surface area contributed by atoms with Crippen LogP contribution >= 0.6 is 0 Å². The van der Waals surface area contributed by atoms with Crippen molar-refractivity contribution >= 4 is 0 Å². The number of rotatable bonds is 5. The highest BCUT2D eigenvalue weighted by atomic mass is 16.7. The summed E-state index contributed by atoms with van der Waals surface area (Å²) < 4.78 is 22.5. The van der Waals surface area contributed by atoms with Gasteiger partial charge in [-0.1, -0.05) is 30.3 Å². The molecule has 1 fully saturated rings. The standard InChI is InChI=1S/C16H18O4/c1-16(11-17-10-13-6-3-2-4-7-13)12-19-15(20-16)14-8-5-9-18-14/h2-9,15H,10-12H2,1H3. The van der Waals surface area contributed by atoms with Gasteiger partial charge in [0.1, 0.15) is 5.60 Å². The van der Waals surface area contributed by atoms with Crippen molar-refractivity contribution in [3.63, 3.8) is 0 Å². The van der Waals surface area contributed by atoms with E-state index in [0.717, 1.165) is 5.56 Å². The molecular formula is C16H18O4. The summed E-state index contributed by atoms with van der Waals surface area (Å²) in [7, 11) is 0. The highest BCUT2D eigenvalue weighted by Gasteiger charge is 2.39. The zero-order valence-corrected chi connectivity index (χ0v) is 11.5. The average Bonchev–Trinajstić information content (AvgIpc) is 3.10. The van der Waals surface area contributed by atoms with E-state index >= 15 is 0 Å². The van der Waals surface area contributed by atoms with Gasteiger partial charge in [0.05, 0.1) is 26.1 Å². The van der Waals surface area contributed by atoms with Crippen LogP contribution in [-0.2, 0) is 20.8 Å². The Morgan fingerprint density at radius 2 is 2.05 bits per heavy atom. The first-order valence-electron chi connectivity index (χ1n) is 6.70. The quantitative estimate of drug-likeness (QED) is 0.838. The Kier molecular flexibility index (Phi) is 3.87. The van der Waals surface area contributed by atoms with Gasteiger partial charge in [-0.2, -0.15) is 0 Å². The second kappa shape index (κ2) is 5.79. The Bertz CT molecular complexity index is 523. The van der Waals surface area contributed by atoms with E-state index in [4.69, 9.17) is 18.6 Å². The maximum absolute atomic E-state index is 5.89. The van der Waals surface area contributed by atoms with Crippen LogP contribution < -0.4 is 0 Å². The van der Waals surface area contributed by atoms with Gasteiger partial charge in [0, 0.05) is 0 Å². The van der Waals surface area contributed by atoms with Crippen LogP contribution in [0.4, 0.5) is 0 Å². The molecule has 0 radical (unpaired) electrons. The first-order valence-corrected chi connectivity index (χ1v) is 6.70. The molecular weight excluding hydrogens is 256 g/mol. The van der Waals surface area contributed by atoms with Crippen LogP contribution in [0.3, 0.4) is 0 Å². The highest BCUT2D eigenvalue weighted by Crippen LogP contribution is 2.33. The minimum Gasteiger partial charge on any atom is -0.464 e. The summed E-state index contributed by atoms with van der Waals surface area (Å²) in [5.74, 6) is 0.691. The Morgan fingerprint density at radius 3 is 2.80 bits per heavy atom. The average molecular weight is 274 g/mol. The van der Waals surface area contributed by atoms with Crippen LogP contribution in [0.25, 0.3) is 0 Å². The van der Waals surface area contributed by atoms with Crippen molar-refractivity contribution in [1.82, 2.24) is 0 Å². The molecule has 1 aromatic heterocycles. The minimum absolute atomic E-state index is 0.435. The molecule has 20 heavy (non-hydrogen) atoms. The van der Waals surface area contributed by atoms with Crippen molar-refractivity contribution in [3.05, 3.63) is 60.1 Å². The monoisotopic (exact) mass is 274 g/mol. The van der Waals surface area contributed by atoms with E-state index in [1.807, 2.05) is 49.4 Å². The number of furan rings is 1. The Hall–Kier alpha value is -1.62. The molecule has 1 aromatic carbocycles. The molecule has 0 saturated carbocycles. The van der Waals surface area contributed by atoms with Gasteiger partial charge in [-0.15, -0.1) is 0 Å². The molecule has 0 amide bonds. The Labute approximate surface area is 118 Å². The molecule has 2 unspecified atom stereocenters. The second-order valence-electron chi connectivity index (χ2n) is 5.20. The molecule has 2 heterocycles. The smallest absolute Gasteiger partial charge is 0.218 e. The lowest BCUT2D eigenvalue weighted by Gasteiger charge is -2.21. The van der Waals surface area contributed by atoms with Crippen LogP contribution in [0.15, 0.2) is 53.1 Å². The molecule has 0 bridgehead atoms. The molecule has 0 N–H and O–H groups in total. The van der Waals surface area contributed by atoms with Crippen molar-refractivity contribution in [2.24, 2.45) is 0 Å². The van der Waals surface area contributed by atoms with E-state index < -0.39 is 11.9 Å². The van der Waals surface area contributed by atoms with Gasteiger partial charge in [0.25, 0.3) is 0 Å². The van der Waals surface area contributed by atoms with Gasteiger partial charge in [-0.05, 0) is 24.6 Å². The van der Waals surface area contributed by atoms with Crippen LogP contribution in [0, 0.1) is 0 Å². The zero-order chi connectivity index (χ0) is 13.8. The number of benzene rings is 1. The summed E-state index contributed by atoms with van der Waals surface area (Å²) in [4.78, 5) is 0. The highest BCUT2D eigenvalue weighted by molar-refractivity contribution is 5.13. The molecule has 4 heteroatoms. The van der Waals surface area contributed by atoms with Crippen LogP contribution in [-0.4, -0.2) is 18.8 Å².